The second-order valence-corrected chi connectivity index (χ2v) is 3.49. The molecule has 0 heterocycles. The minimum Gasteiger partial charge on any atom is -0.378 e. The largest absolute Gasteiger partial charge is 0.378 e. The van der Waals surface area contributed by atoms with E-state index < -0.39 is 0 Å². The standard InChI is InChI=1S/C11H16N6/c1-13-15-11(12)16-14-8-9-4-6-10(7-5-9)17(2)3/h4-8H,1H2,2-3H3,(H3,12,15,16)/b14-8+. The van der Waals surface area contributed by atoms with Crippen LogP contribution in [0.4, 0.5) is 5.69 Å². The number of hydrogen-bond acceptors (Lipinski definition) is 4. The second-order valence-electron chi connectivity index (χ2n) is 3.49. The van der Waals surface area contributed by atoms with Crippen LogP contribution >= 0.6 is 0 Å². The van der Waals surface area contributed by atoms with E-state index in [1.54, 1.807) is 6.21 Å². The van der Waals surface area contributed by atoms with Gasteiger partial charge in [-0.15, -0.1) is 5.10 Å². The molecule has 90 valence electrons. The zero-order valence-electron chi connectivity index (χ0n) is 9.96. The molecule has 1 rings (SSSR count). The van der Waals surface area contributed by atoms with Gasteiger partial charge in [-0.05, 0) is 17.7 Å². The van der Waals surface area contributed by atoms with E-state index in [0.717, 1.165) is 11.3 Å². The number of hydrogen-bond donors (Lipinski definition) is 2. The Labute approximate surface area is 101 Å². The third-order valence-electron chi connectivity index (χ3n) is 1.98. The van der Waals surface area contributed by atoms with Crippen molar-refractivity contribution in [2.75, 3.05) is 19.0 Å². The van der Waals surface area contributed by atoms with Crippen LogP contribution < -0.4 is 16.1 Å². The molecule has 0 amide bonds. The van der Waals surface area contributed by atoms with E-state index in [-0.39, 0.29) is 5.96 Å². The maximum Gasteiger partial charge on any atom is 0.234 e. The van der Waals surface area contributed by atoms with E-state index in [1.807, 2.05) is 43.3 Å². The van der Waals surface area contributed by atoms with Gasteiger partial charge in [-0.25, -0.2) is 5.43 Å². The number of nitrogens with zero attached hydrogens (tertiary/aromatic N) is 4. The van der Waals surface area contributed by atoms with Crippen LogP contribution in [0, 0.1) is 0 Å². The lowest BCUT2D eigenvalue weighted by Gasteiger charge is -2.11. The van der Waals surface area contributed by atoms with Crippen molar-refractivity contribution in [1.82, 2.24) is 5.43 Å². The fourth-order valence-corrected chi connectivity index (χ4v) is 1.12. The molecular formula is C11H16N6. The van der Waals surface area contributed by atoms with Gasteiger partial charge in [0.05, 0.1) is 6.21 Å². The van der Waals surface area contributed by atoms with Gasteiger partial charge in [0.2, 0.25) is 5.96 Å². The molecule has 0 aliphatic heterocycles. The van der Waals surface area contributed by atoms with E-state index in [9.17, 15) is 0 Å². The summed E-state index contributed by atoms with van der Waals surface area (Å²) in [6.45, 7) is 3.21. The molecule has 0 saturated carbocycles. The highest BCUT2D eigenvalue weighted by Crippen LogP contribution is 2.10. The van der Waals surface area contributed by atoms with Crippen LogP contribution in [-0.2, 0) is 0 Å². The highest BCUT2D eigenvalue weighted by molar-refractivity contribution is 5.82. The zero-order valence-corrected chi connectivity index (χ0v) is 9.96. The predicted octanol–water partition coefficient (Wildman–Crippen LogP) is 0.606. The lowest BCUT2D eigenvalue weighted by Crippen LogP contribution is -2.26. The summed E-state index contributed by atoms with van der Waals surface area (Å²) in [6, 6.07) is 7.89. The number of hydrazone groups is 1. The number of nitrogens with two attached hydrogens (primary N) is 1. The Morgan fingerprint density at radius 3 is 2.53 bits per heavy atom. The van der Waals surface area contributed by atoms with Crippen LogP contribution in [0.2, 0.25) is 0 Å². The van der Waals surface area contributed by atoms with Crippen LogP contribution in [-0.4, -0.2) is 33.0 Å². The molecule has 0 fully saturated rings. The number of anilines is 1. The smallest absolute Gasteiger partial charge is 0.234 e. The molecule has 6 nitrogen and oxygen atoms in total. The third-order valence-corrected chi connectivity index (χ3v) is 1.98. The first kappa shape index (κ1) is 12.7. The van der Waals surface area contributed by atoms with Gasteiger partial charge in [0.1, 0.15) is 0 Å². The Kier molecular flexibility index (Phi) is 4.68. The fraction of sp³-hybridized carbons (Fsp3) is 0.182. The van der Waals surface area contributed by atoms with Gasteiger partial charge in [0.15, 0.2) is 0 Å². The van der Waals surface area contributed by atoms with Crippen LogP contribution in [0.1, 0.15) is 5.56 Å². The molecular weight excluding hydrogens is 216 g/mol. The topological polar surface area (TPSA) is 78.4 Å². The Morgan fingerprint density at radius 1 is 1.35 bits per heavy atom. The van der Waals surface area contributed by atoms with Gasteiger partial charge >= 0.3 is 0 Å². The molecule has 0 atom stereocenters. The van der Waals surface area contributed by atoms with Crippen molar-refractivity contribution in [2.45, 2.75) is 0 Å². The number of benzene rings is 1. The first-order valence-electron chi connectivity index (χ1n) is 4.99. The van der Waals surface area contributed by atoms with Crippen LogP contribution in [0.3, 0.4) is 0 Å². The molecule has 6 heteroatoms. The van der Waals surface area contributed by atoms with Crippen LogP contribution in [0.5, 0.6) is 0 Å². The van der Waals surface area contributed by atoms with Gasteiger partial charge in [-0.2, -0.15) is 10.2 Å². The number of guanidine groups is 1. The number of rotatable bonds is 4. The van der Waals surface area contributed by atoms with Crippen molar-refractivity contribution < 1.29 is 0 Å². The summed E-state index contributed by atoms with van der Waals surface area (Å²) in [5, 5.41) is 10.8. The van der Waals surface area contributed by atoms with Crippen molar-refractivity contribution in [3.63, 3.8) is 0 Å². The van der Waals surface area contributed by atoms with Gasteiger partial charge < -0.3 is 10.6 Å². The quantitative estimate of drug-likeness (QED) is 0.453. The van der Waals surface area contributed by atoms with Gasteiger partial charge in [-0.1, -0.05) is 12.1 Å². The minimum absolute atomic E-state index is 0.0983. The SMILES string of the molecule is C=NNC(N)=N/N=C/c1ccc(N(C)C)cc1. The van der Waals surface area contributed by atoms with E-state index in [0.29, 0.717) is 0 Å². The Bertz CT molecular complexity index is 418. The molecule has 0 aliphatic carbocycles. The molecule has 1 aromatic carbocycles. The Balaban J connectivity index is 2.66. The lowest BCUT2D eigenvalue weighted by molar-refractivity contribution is 0.999. The highest BCUT2D eigenvalue weighted by Gasteiger charge is 1.93. The molecule has 0 unspecified atom stereocenters. The predicted molar refractivity (Wildman–Crippen MR) is 72.7 cm³/mol. The van der Waals surface area contributed by atoms with Crippen molar-refractivity contribution in [3.8, 4) is 0 Å². The summed E-state index contributed by atoms with van der Waals surface area (Å²) >= 11 is 0. The molecule has 0 saturated heterocycles. The van der Waals surface area contributed by atoms with Gasteiger partial charge in [-0.3, -0.25) is 0 Å². The first-order valence-corrected chi connectivity index (χ1v) is 4.99. The van der Waals surface area contributed by atoms with Gasteiger partial charge in [0, 0.05) is 26.5 Å². The van der Waals surface area contributed by atoms with Crippen molar-refractivity contribution in [2.24, 2.45) is 21.0 Å². The Hall–Kier alpha value is -2.37. The monoisotopic (exact) mass is 232 g/mol. The van der Waals surface area contributed by atoms with Crippen LogP contribution in [0.15, 0.2) is 39.6 Å². The maximum absolute atomic E-state index is 5.40. The third kappa shape index (κ3) is 4.33. The fourth-order valence-electron chi connectivity index (χ4n) is 1.12. The Morgan fingerprint density at radius 2 is 2.00 bits per heavy atom. The van der Waals surface area contributed by atoms with E-state index in [2.05, 4.69) is 27.4 Å². The molecule has 0 spiro atoms. The normalized spacial score (nSPS) is 11.5. The molecule has 17 heavy (non-hydrogen) atoms. The van der Waals surface area contributed by atoms with Crippen molar-refractivity contribution in [1.29, 1.82) is 0 Å². The summed E-state index contributed by atoms with van der Waals surface area (Å²) in [6.07, 6.45) is 1.61. The van der Waals surface area contributed by atoms with E-state index in [4.69, 9.17) is 5.73 Å². The molecule has 3 N–H and O–H groups in total. The molecule has 1 aromatic rings. The average molecular weight is 232 g/mol. The summed E-state index contributed by atoms with van der Waals surface area (Å²) in [7, 11) is 3.98. The average Bonchev–Trinajstić information content (AvgIpc) is 2.30. The second kappa shape index (κ2) is 6.26. The summed E-state index contributed by atoms with van der Waals surface area (Å²) in [4.78, 5) is 2.02. The first-order chi connectivity index (χ1) is 8.13. The molecule has 0 aromatic heterocycles. The van der Waals surface area contributed by atoms with Crippen molar-refractivity contribution >= 4 is 24.6 Å². The minimum atomic E-state index is 0.0983. The summed E-state index contributed by atoms with van der Waals surface area (Å²) in [5.74, 6) is 0.0983. The number of nitrogens with one attached hydrogen (secondary N) is 1. The molecule has 0 aliphatic rings. The van der Waals surface area contributed by atoms with Crippen LogP contribution in [0.25, 0.3) is 0 Å². The molecule has 0 radical (unpaired) electrons. The maximum atomic E-state index is 5.40. The summed E-state index contributed by atoms with van der Waals surface area (Å²) < 4.78 is 0. The zero-order chi connectivity index (χ0) is 12.7. The van der Waals surface area contributed by atoms with Crippen molar-refractivity contribution in [3.05, 3.63) is 29.8 Å². The molecule has 0 bridgehead atoms. The van der Waals surface area contributed by atoms with Gasteiger partial charge in [0.25, 0.3) is 0 Å². The van der Waals surface area contributed by atoms with E-state index in [1.165, 1.54) is 0 Å². The highest BCUT2D eigenvalue weighted by atomic mass is 15.4. The lowest BCUT2D eigenvalue weighted by atomic mass is 10.2. The van der Waals surface area contributed by atoms with E-state index >= 15 is 0 Å². The summed E-state index contributed by atoms with van der Waals surface area (Å²) in [5.41, 5.74) is 9.84.